The van der Waals surface area contributed by atoms with E-state index in [9.17, 15) is 10.1 Å². The Bertz CT molecular complexity index is 417. The lowest BCUT2D eigenvalue weighted by Crippen LogP contribution is -2.50. The number of nitrogens with zero attached hydrogens (tertiary/aromatic N) is 1. The molecule has 0 aliphatic heterocycles. The van der Waals surface area contributed by atoms with Gasteiger partial charge in [-0.25, -0.2) is 0 Å². The molecule has 0 spiro atoms. The summed E-state index contributed by atoms with van der Waals surface area (Å²) < 4.78 is 0. The van der Waals surface area contributed by atoms with Gasteiger partial charge in [-0.2, -0.15) is 5.26 Å². The summed E-state index contributed by atoms with van der Waals surface area (Å²) in [6, 6.07) is 2.62. The lowest BCUT2D eigenvalue weighted by Gasteiger charge is -2.57. The zero-order valence-corrected chi connectivity index (χ0v) is 13.1. The molecular formula is C18H27NO. The van der Waals surface area contributed by atoms with Gasteiger partial charge in [0.15, 0.2) is 0 Å². The summed E-state index contributed by atoms with van der Waals surface area (Å²) in [5.74, 6) is 4.26. The third-order valence-electron chi connectivity index (χ3n) is 6.37. The van der Waals surface area contributed by atoms with Crippen molar-refractivity contribution in [1.82, 2.24) is 0 Å². The first-order chi connectivity index (χ1) is 9.40. The summed E-state index contributed by atoms with van der Waals surface area (Å²) >= 11 is 0. The Morgan fingerprint density at radius 3 is 2.05 bits per heavy atom. The zero-order chi connectivity index (χ0) is 14.5. The standard InChI is InChI=1S/C18H27NO/c1-11(20)9-18(2,3)16(10-19)17-14-5-12-4-13(7-14)8-15(17)6-12/h12-17H,4-9H2,1-3H3. The number of carbonyl (C=O) groups is 1. The summed E-state index contributed by atoms with van der Waals surface area (Å²) in [5, 5.41) is 9.80. The van der Waals surface area contributed by atoms with Gasteiger partial charge in [-0.3, -0.25) is 0 Å². The average Bonchev–Trinajstić information content (AvgIpc) is 2.30. The Labute approximate surface area is 122 Å². The van der Waals surface area contributed by atoms with Gasteiger partial charge in [-0.05, 0) is 74.0 Å². The van der Waals surface area contributed by atoms with Gasteiger partial charge in [0.2, 0.25) is 0 Å². The molecular weight excluding hydrogens is 246 g/mol. The Morgan fingerprint density at radius 1 is 1.15 bits per heavy atom. The van der Waals surface area contributed by atoms with Crippen LogP contribution in [0.5, 0.6) is 0 Å². The van der Waals surface area contributed by atoms with Gasteiger partial charge in [-0.1, -0.05) is 13.8 Å². The SMILES string of the molecule is CC(=O)CC(C)(C)C(C#N)C1C2CC3CC(C2)CC1C3. The van der Waals surface area contributed by atoms with Crippen molar-refractivity contribution in [2.45, 2.75) is 59.3 Å². The molecule has 2 nitrogen and oxygen atoms in total. The van der Waals surface area contributed by atoms with Gasteiger partial charge in [0.05, 0.1) is 12.0 Å². The third kappa shape index (κ3) is 2.30. The Balaban J connectivity index is 1.83. The number of rotatable bonds is 4. The van der Waals surface area contributed by atoms with E-state index in [1.165, 1.54) is 32.1 Å². The normalized spacial score (nSPS) is 40.4. The molecule has 4 saturated carbocycles. The highest BCUT2D eigenvalue weighted by atomic mass is 16.1. The van der Waals surface area contributed by atoms with Crippen LogP contribution in [0.25, 0.3) is 0 Å². The van der Waals surface area contributed by atoms with Crippen molar-refractivity contribution >= 4 is 5.78 Å². The van der Waals surface area contributed by atoms with Crippen LogP contribution in [-0.4, -0.2) is 5.78 Å². The maximum Gasteiger partial charge on any atom is 0.130 e. The maximum absolute atomic E-state index is 11.6. The fourth-order valence-corrected chi connectivity index (χ4v) is 6.04. The minimum Gasteiger partial charge on any atom is -0.300 e. The molecule has 2 heteroatoms. The first kappa shape index (κ1) is 14.1. The summed E-state index contributed by atoms with van der Waals surface area (Å²) in [6.07, 6.45) is 7.41. The van der Waals surface area contributed by atoms with Gasteiger partial charge >= 0.3 is 0 Å². The highest BCUT2D eigenvalue weighted by Crippen LogP contribution is 2.60. The van der Waals surface area contributed by atoms with E-state index in [1.807, 2.05) is 0 Å². The van der Waals surface area contributed by atoms with Crippen LogP contribution in [0.4, 0.5) is 0 Å². The second kappa shape index (κ2) is 4.86. The largest absolute Gasteiger partial charge is 0.300 e. The minimum absolute atomic E-state index is 0.0569. The van der Waals surface area contributed by atoms with Crippen molar-refractivity contribution in [3.05, 3.63) is 0 Å². The predicted octanol–water partition coefficient (Wildman–Crippen LogP) is 4.20. The van der Waals surface area contributed by atoms with E-state index in [2.05, 4.69) is 19.9 Å². The highest BCUT2D eigenvalue weighted by molar-refractivity contribution is 5.76. The second-order valence-corrected chi connectivity index (χ2v) is 8.48. The molecule has 1 unspecified atom stereocenters. The second-order valence-electron chi connectivity index (χ2n) is 8.48. The Kier molecular flexibility index (Phi) is 3.43. The molecule has 0 aromatic carbocycles. The fraction of sp³-hybridized carbons (Fsp3) is 0.889. The molecule has 0 aromatic heterocycles. The average molecular weight is 273 g/mol. The zero-order valence-electron chi connectivity index (χ0n) is 13.1. The number of hydrogen-bond donors (Lipinski definition) is 0. The number of Topliss-reactive ketones (excluding diaryl/α,β-unsaturated/α-hetero) is 1. The quantitative estimate of drug-likeness (QED) is 0.770. The van der Waals surface area contributed by atoms with Crippen molar-refractivity contribution in [2.75, 3.05) is 0 Å². The molecule has 4 rings (SSSR count). The Hall–Kier alpha value is -0.840. The molecule has 110 valence electrons. The van der Waals surface area contributed by atoms with Crippen molar-refractivity contribution in [3.8, 4) is 6.07 Å². The molecule has 4 fully saturated rings. The summed E-state index contributed by atoms with van der Waals surface area (Å²) in [6.45, 7) is 5.92. The molecule has 1 atom stereocenters. The van der Waals surface area contributed by atoms with Crippen molar-refractivity contribution in [1.29, 1.82) is 5.26 Å². The summed E-state index contributed by atoms with van der Waals surface area (Å²) in [7, 11) is 0. The van der Waals surface area contributed by atoms with Crippen molar-refractivity contribution < 1.29 is 4.79 Å². The van der Waals surface area contributed by atoms with Gasteiger partial charge in [0.1, 0.15) is 5.78 Å². The fourth-order valence-electron chi connectivity index (χ4n) is 6.04. The van der Waals surface area contributed by atoms with Gasteiger partial charge in [0, 0.05) is 6.42 Å². The molecule has 0 N–H and O–H groups in total. The predicted molar refractivity (Wildman–Crippen MR) is 78.7 cm³/mol. The molecule has 4 bridgehead atoms. The molecule has 0 radical (unpaired) electrons. The molecule has 0 amide bonds. The molecule has 0 aromatic rings. The van der Waals surface area contributed by atoms with Crippen LogP contribution < -0.4 is 0 Å². The van der Waals surface area contributed by atoms with E-state index in [1.54, 1.807) is 6.92 Å². The number of carbonyl (C=O) groups excluding carboxylic acids is 1. The van der Waals surface area contributed by atoms with Crippen molar-refractivity contribution in [2.24, 2.45) is 40.9 Å². The smallest absolute Gasteiger partial charge is 0.130 e. The number of ketones is 1. The van der Waals surface area contributed by atoms with Crippen LogP contribution >= 0.6 is 0 Å². The third-order valence-corrected chi connectivity index (χ3v) is 6.37. The van der Waals surface area contributed by atoms with Crippen LogP contribution in [0.3, 0.4) is 0 Å². The van der Waals surface area contributed by atoms with E-state index in [0.717, 1.165) is 23.7 Å². The number of nitriles is 1. The molecule has 4 aliphatic carbocycles. The van der Waals surface area contributed by atoms with Gasteiger partial charge in [-0.15, -0.1) is 0 Å². The van der Waals surface area contributed by atoms with E-state index >= 15 is 0 Å². The first-order valence-corrected chi connectivity index (χ1v) is 8.29. The van der Waals surface area contributed by atoms with Crippen molar-refractivity contribution in [3.63, 3.8) is 0 Å². The van der Waals surface area contributed by atoms with Crippen LogP contribution in [-0.2, 0) is 4.79 Å². The highest BCUT2D eigenvalue weighted by Gasteiger charge is 2.53. The summed E-state index contributed by atoms with van der Waals surface area (Å²) in [4.78, 5) is 11.6. The Morgan fingerprint density at radius 2 is 1.65 bits per heavy atom. The summed E-state index contributed by atoms with van der Waals surface area (Å²) in [5.41, 5.74) is -0.166. The van der Waals surface area contributed by atoms with Crippen LogP contribution in [0.2, 0.25) is 0 Å². The molecule has 0 heterocycles. The van der Waals surface area contributed by atoms with Crippen LogP contribution in [0.1, 0.15) is 59.3 Å². The van der Waals surface area contributed by atoms with E-state index < -0.39 is 0 Å². The lowest BCUT2D eigenvalue weighted by atomic mass is 9.47. The number of hydrogen-bond acceptors (Lipinski definition) is 2. The van der Waals surface area contributed by atoms with Gasteiger partial charge < -0.3 is 4.79 Å². The van der Waals surface area contributed by atoms with Gasteiger partial charge in [0.25, 0.3) is 0 Å². The van der Waals surface area contributed by atoms with E-state index in [-0.39, 0.29) is 17.1 Å². The molecule has 0 saturated heterocycles. The first-order valence-electron chi connectivity index (χ1n) is 8.29. The van der Waals surface area contributed by atoms with E-state index in [4.69, 9.17) is 0 Å². The molecule has 4 aliphatic rings. The van der Waals surface area contributed by atoms with E-state index in [0.29, 0.717) is 12.3 Å². The monoisotopic (exact) mass is 273 g/mol. The minimum atomic E-state index is -0.166. The molecule has 20 heavy (non-hydrogen) atoms. The van der Waals surface area contributed by atoms with Crippen LogP contribution in [0, 0.1) is 52.3 Å². The topological polar surface area (TPSA) is 40.9 Å². The van der Waals surface area contributed by atoms with Crippen LogP contribution in [0.15, 0.2) is 0 Å². The maximum atomic E-state index is 11.6. The lowest BCUT2D eigenvalue weighted by molar-refractivity contribution is -0.121.